The van der Waals surface area contributed by atoms with E-state index in [4.69, 9.17) is 11.6 Å². The standard InChI is InChI=1S/C21H19ClF3N3O3S/c1-20(31)4-5-28(10-20)9-11-6-13(22)8-14(17(11)29)18(30)27-19-26-15-3-2-12(21(23,24)25)7-16(15)32-19/h2-3,6-8,29,31H,4-5,9-10H2,1H3,(H,26,27,30). The van der Waals surface area contributed by atoms with Crippen LogP contribution in [0.5, 0.6) is 5.75 Å². The highest BCUT2D eigenvalue weighted by molar-refractivity contribution is 7.22. The van der Waals surface area contributed by atoms with Gasteiger partial charge in [0.25, 0.3) is 5.91 Å². The van der Waals surface area contributed by atoms with Crippen molar-refractivity contribution in [3.8, 4) is 5.75 Å². The number of aromatic hydroxyl groups is 1. The number of nitrogens with one attached hydrogen (secondary N) is 1. The fourth-order valence-electron chi connectivity index (χ4n) is 3.68. The number of benzene rings is 2. The third-order valence-corrected chi connectivity index (χ3v) is 6.41. The topological polar surface area (TPSA) is 85.7 Å². The fourth-order valence-corrected chi connectivity index (χ4v) is 4.82. The third kappa shape index (κ3) is 4.83. The van der Waals surface area contributed by atoms with Gasteiger partial charge in [0, 0.05) is 30.2 Å². The Balaban J connectivity index is 1.56. The highest BCUT2D eigenvalue weighted by Crippen LogP contribution is 2.35. The van der Waals surface area contributed by atoms with Crippen LogP contribution in [0.3, 0.4) is 0 Å². The number of nitrogens with zero attached hydrogens (tertiary/aromatic N) is 2. The molecule has 0 saturated carbocycles. The Hall–Kier alpha value is -2.40. The Morgan fingerprint density at radius 1 is 1.34 bits per heavy atom. The molecule has 4 rings (SSSR count). The molecule has 1 fully saturated rings. The second kappa shape index (κ2) is 8.18. The summed E-state index contributed by atoms with van der Waals surface area (Å²) in [7, 11) is 0. The maximum atomic E-state index is 12.9. The number of thiazole rings is 1. The zero-order valence-electron chi connectivity index (χ0n) is 16.8. The van der Waals surface area contributed by atoms with Crippen LogP contribution >= 0.6 is 22.9 Å². The summed E-state index contributed by atoms with van der Waals surface area (Å²) in [5.41, 5.74) is -0.944. The number of likely N-dealkylation sites (tertiary alicyclic amines) is 1. The predicted octanol–water partition coefficient (Wildman–Crippen LogP) is 4.88. The molecule has 0 spiro atoms. The van der Waals surface area contributed by atoms with E-state index < -0.39 is 23.2 Å². The summed E-state index contributed by atoms with van der Waals surface area (Å²) in [5, 5.41) is 23.7. The van der Waals surface area contributed by atoms with Crippen molar-refractivity contribution in [1.29, 1.82) is 0 Å². The first-order valence-corrected chi connectivity index (χ1v) is 10.9. The molecule has 170 valence electrons. The lowest BCUT2D eigenvalue weighted by atomic mass is 10.1. The van der Waals surface area contributed by atoms with E-state index in [0.717, 1.165) is 23.5 Å². The van der Waals surface area contributed by atoms with Crippen molar-refractivity contribution < 1.29 is 28.2 Å². The summed E-state index contributed by atoms with van der Waals surface area (Å²) < 4.78 is 39.0. The van der Waals surface area contributed by atoms with Gasteiger partial charge in [0.05, 0.1) is 26.9 Å². The zero-order chi connectivity index (χ0) is 23.3. The number of rotatable bonds is 4. The molecule has 1 aromatic heterocycles. The van der Waals surface area contributed by atoms with Gasteiger partial charge in [0.15, 0.2) is 5.13 Å². The van der Waals surface area contributed by atoms with Gasteiger partial charge in [0.1, 0.15) is 5.75 Å². The first-order chi connectivity index (χ1) is 14.9. The van der Waals surface area contributed by atoms with E-state index >= 15 is 0 Å². The molecule has 1 saturated heterocycles. The molecule has 11 heteroatoms. The molecule has 0 bridgehead atoms. The largest absolute Gasteiger partial charge is 0.507 e. The number of amides is 1. The lowest BCUT2D eigenvalue weighted by molar-refractivity contribution is -0.137. The molecule has 0 aliphatic carbocycles. The summed E-state index contributed by atoms with van der Waals surface area (Å²) in [5.74, 6) is -0.936. The molecule has 2 heterocycles. The Morgan fingerprint density at radius 2 is 2.09 bits per heavy atom. The summed E-state index contributed by atoms with van der Waals surface area (Å²) >= 11 is 7.05. The van der Waals surface area contributed by atoms with Gasteiger partial charge < -0.3 is 10.2 Å². The summed E-state index contributed by atoms with van der Waals surface area (Å²) in [6, 6.07) is 6.01. The van der Waals surface area contributed by atoms with Crippen molar-refractivity contribution in [3.63, 3.8) is 0 Å². The average molecular weight is 486 g/mol. The highest BCUT2D eigenvalue weighted by atomic mass is 35.5. The van der Waals surface area contributed by atoms with Gasteiger partial charge in [-0.1, -0.05) is 22.9 Å². The Morgan fingerprint density at radius 3 is 2.75 bits per heavy atom. The van der Waals surface area contributed by atoms with E-state index in [9.17, 15) is 28.2 Å². The van der Waals surface area contributed by atoms with Crippen LogP contribution in [0.25, 0.3) is 10.2 Å². The van der Waals surface area contributed by atoms with Crippen LogP contribution in [0.15, 0.2) is 30.3 Å². The van der Waals surface area contributed by atoms with Crippen LogP contribution in [0, 0.1) is 0 Å². The average Bonchev–Trinajstić information content (AvgIpc) is 3.24. The monoisotopic (exact) mass is 485 g/mol. The van der Waals surface area contributed by atoms with Gasteiger partial charge in [-0.2, -0.15) is 13.2 Å². The number of aliphatic hydroxyl groups is 1. The fraction of sp³-hybridized carbons (Fsp3) is 0.333. The van der Waals surface area contributed by atoms with E-state index in [1.807, 2.05) is 4.90 Å². The molecule has 3 N–H and O–H groups in total. The number of carbonyl (C=O) groups is 1. The van der Waals surface area contributed by atoms with E-state index in [1.54, 1.807) is 13.0 Å². The van der Waals surface area contributed by atoms with Crippen molar-refractivity contribution in [2.24, 2.45) is 0 Å². The molecular weight excluding hydrogens is 467 g/mol. The lowest BCUT2D eigenvalue weighted by Gasteiger charge is -2.20. The van der Waals surface area contributed by atoms with Crippen molar-refractivity contribution >= 4 is 44.2 Å². The van der Waals surface area contributed by atoms with Gasteiger partial charge in [0.2, 0.25) is 0 Å². The molecular formula is C21H19ClF3N3O3S. The van der Waals surface area contributed by atoms with Crippen molar-refractivity contribution in [1.82, 2.24) is 9.88 Å². The molecule has 1 aliphatic heterocycles. The van der Waals surface area contributed by atoms with Gasteiger partial charge in [-0.15, -0.1) is 0 Å². The minimum Gasteiger partial charge on any atom is -0.507 e. The number of carbonyl (C=O) groups excluding carboxylic acids is 1. The van der Waals surface area contributed by atoms with E-state index in [1.165, 1.54) is 12.1 Å². The molecule has 32 heavy (non-hydrogen) atoms. The smallest absolute Gasteiger partial charge is 0.416 e. The Bertz CT molecular complexity index is 1200. The summed E-state index contributed by atoms with van der Waals surface area (Å²) in [6.45, 7) is 3.09. The number of hydrogen-bond donors (Lipinski definition) is 3. The predicted molar refractivity (Wildman–Crippen MR) is 116 cm³/mol. The molecule has 6 nitrogen and oxygen atoms in total. The van der Waals surface area contributed by atoms with E-state index in [-0.39, 0.29) is 26.2 Å². The van der Waals surface area contributed by atoms with Crippen molar-refractivity contribution in [2.75, 3.05) is 18.4 Å². The summed E-state index contributed by atoms with van der Waals surface area (Å²) in [6.07, 6.45) is -3.89. The number of halogens is 4. The van der Waals surface area contributed by atoms with Crippen LogP contribution in [0.4, 0.5) is 18.3 Å². The van der Waals surface area contributed by atoms with Gasteiger partial charge >= 0.3 is 6.18 Å². The molecule has 1 unspecified atom stereocenters. The minimum absolute atomic E-state index is 0.0753. The van der Waals surface area contributed by atoms with Crippen LogP contribution in [0.2, 0.25) is 5.02 Å². The quantitative estimate of drug-likeness (QED) is 0.490. The molecule has 0 radical (unpaired) electrons. The molecule has 2 aromatic carbocycles. The Labute approximate surface area is 190 Å². The number of alkyl halides is 3. The van der Waals surface area contributed by atoms with Crippen LogP contribution in [0.1, 0.15) is 34.8 Å². The van der Waals surface area contributed by atoms with Crippen LogP contribution in [-0.2, 0) is 12.7 Å². The molecule has 1 atom stereocenters. The number of hydrogen-bond acceptors (Lipinski definition) is 6. The van der Waals surface area contributed by atoms with Gasteiger partial charge in [-0.25, -0.2) is 4.98 Å². The second-order valence-electron chi connectivity index (χ2n) is 8.07. The molecule has 1 amide bonds. The van der Waals surface area contributed by atoms with Gasteiger partial charge in [-0.05, 0) is 43.7 Å². The lowest BCUT2D eigenvalue weighted by Crippen LogP contribution is -2.29. The number of phenolic OH excluding ortho intramolecular Hbond substituents is 1. The molecule has 1 aliphatic rings. The third-order valence-electron chi connectivity index (χ3n) is 5.26. The van der Waals surface area contributed by atoms with E-state index in [0.29, 0.717) is 37.1 Å². The zero-order valence-corrected chi connectivity index (χ0v) is 18.4. The number of fused-ring (bicyclic) bond motifs is 1. The first kappa shape index (κ1) is 22.8. The van der Waals surface area contributed by atoms with Crippen molar-refractivity contribution in [3.05, 3.63) is 52.0 Å². The number of β-amino-alcohol motifs (C(OH)–C–C–N with tert-alkyl or cyclic N) is 1. The van der Waals surface area contributed by atoms with Crippen molar-refractivity contribution in [2.45, 2.75) is 31.7 Å². The first-order valence-electron chi connectivity index (χ1n) is 9.66. The number of aromatic nitrogens is 1. The van der Waals surface area contributed by atoms with Gasteiger partial charge in [-0.3, -0.25) is 15.0 Å². The van der Waals surface area contributed by atoms with Crippen LogP contribution < -0.4 is 5.32 Å². The molecule has 3 aromatic rings. The number of phenols is 1. The normalized spacial score (nSPS) is 19.6. The highest BCUT2D eigenvalue weighted by Gasteiger charge is 2.32. The van der Waals surface area contributed by atoms with E-state index in [2.05, 4.69) is 10.3 Å². The maximum absolute atomic E-state index is 12.9. The minimum atomic E-state index is -4.48. The second-order valence-corrected chi connectivity index (χ2v) is 9.54. The summed E-state index contributed by atoms with van der Waals surface area (Å²) in [4.78, 5) is 18.9. The maximum Gasteiger partial charge on any atom is 0.416 e. The number of anilines is 1. The Kier molecular flexibility index (Phi) is 5.83. The SMILES string of the molecule is CC1(O)CCN(Cc2cc(Cl)cc(C(=O)Nc3nc4ccc(C(F)(F)F)cc4s3)c2O)C1. The van der Waals surface area contributed by atoms with Crippen LogP contribution in [-0.4, -0.2) is 44.7 Å².